The van der Waals surface area contributed by atoms with Crippen molar-refractivity contribution >= 4 is 16.7 Å². The van der Waals surface area contributed by atoms with Gasteiger partial charge in [-0.05, 0) is 19.9 Å². The minimum atomic E-state index is 0.0274. The van der Waals surface area contributed by atoms with Crippen LogP contribution >= 0.6 is 0 Å². The fourth-order valence-corrected chi connectivity index (χ4v) is 1.66. The summed E-state index contributed by atoms with van der Waals surface area (Å²) in [5, 5.41) is 0.874. The molecule has 0 saturated carbocycles. The van der Waals surface area contributed by atoms with Crippen LogP contribution in [0.15, 0.2) is 30.3 Å². The molecule has 0 atom stereocenters. The molecule has 1 heterocycles. The Hall–Kier alpha value is -1.90. The largest absolute Gasteiger partial charge is 0.478 e. The van der Waals surface area contributed by atoms with Crippen LogP contribution in [0.4, 0.5) is 0 Å². The van der Waals surface area contributed by atoms with Crippen molar-refractivity contribution < 1.29 is 9.53 Å². The second kappa shape index (κ2) is 6.74. The highest BCUT2D eigenvalue weighted by Crippen LogP contribution is 2.22. The van der Waals surface area contributed by atoms with Crippen molar-refractivity contribution in [3.63, 3.8) is 0 Å². The van der Waals surface area contributed by atoms with Gasteiger partial charge in [0, 0.05) is 17.0 Å². The molecule has 0 bridgehead atoms. The first-order valence-electron chi connectivity index (χ1n) is 6.26. The molecule has 18 heavy (non-hydrogen) atoms. The Morgan fingerprint density at radius 1 is 1.28 bits per heavy atom. The molecule has 1 aromatic heterocycles. The first-order valence-corrected chi connectivity index (χ1v) is 6.26. The molecule has 96 valence electrons. The second-order valence-electron chi connectivity index (χ2n) is 3.51. The summed E-state index contributed by atoms with van der Waals surface area (Å²) in [5.74, 6) is 0.533. The minimum Gasteiger partial charge on any atom is -0.478 e. The van der Waals surface area contributed by atoms with Crippen molar-refractivity contribution in [3.05, 3.63) is 35.9 Å². The molecule has 0 unspecified atom stereocenters. The number of rotatable bonds is 3. The van der Waals surface area contributed by atoms with Crippen molar-refractivity contribution in [3.8, 4) is 5.88 Å². The summed E-state index contributed by atoms with van der Waals surface area (Å²) in [6.45, 7) is 7.99. The van der Waals surface area contributed by atoms with Crippen LogP contribution in [-0.2, 0) is 0 Å². The fraction of sp³-hybridized carbons (Fsp3) is 0.333. The molecule has 0 spiro atoms. The van der Waals surface area contributed by atoms with Gasteiger partial charge in [-0.15, -0.1) is 0 Å². The number of ketones is 1. The van der Waals surface area contributed by atoms with Crippen molar-refractivity contribution in [1.82, 2.24) is 4.98 Å². The van der Waals surface area contributed by atoms with E-state index in [2.05, 4.69) is 4.98 Å². The third-order valence-corrected chi connectivity index (χ3v) is 2.36. The maximum absolute atomic E-state index is 11.5. The van der Waals surface area contributed by atoms with Gasteiger partial charge in [0.1, 0.15) is 0 Å². The van der Waals surface area contributed by atoms with Gasteiger partial charge in [0.05, 0.1) is 12.1 Å². The van der Waals surface area contributed by atoms with E-state index in [4.69, 9.17) is 4.74 Å². The number of carbonyl (C=O) groups is 1. The number of pyridine rings is 1. The zero-order chi connectivity index (χ0) is 13.5. The van der Waals surface area contributed by atoms with Crippen LogP contribution in [0.25, 0.3) is 10.9 Å². The molecule has 0 saturated heterocycles. The molecule has 0 fully saturated rings. The van der Waals surface area contributed by atoms with Crippen LogP contribution in [0.3, 0.4) is 0 Å². The van der Waals surface area contributed by atoms with E-state index in [0.29, 0.717) is 18.1 Å². The Labute approximate surface area is 108 Å². The van der Waals surface area contributed by atoms with Crippen molar-refractivity contribution in [2.24, 2.45) is 0 Å². The maximum atomic E-state index is 11.5. The second-order valence-corrected chi connectivity index (χ2v) is 3.51. The zero-order valence-electron chi connectivity index (χ0n) is 11.4. The third-order valence-electron chi connectivity index (χ3n) is 2.36. The average Bonchev–Trinajstić information content (AvgIpc) is 2.40. The summed E-state index contributed by atoms with van der Waals surface area (Å²) in [6, 6.07) is 9.28. The Bertz CT molecular complexity index is 535. The number of hydrogen-bond donors (Lipinski definition) is 0. The molecule has 0 aliphatic heterocycles. The number of ether oxygens (including phenoxy) is 1. The first kappa shape index (κ1) is 14.2. The Balaban J connectivity index is 0.000000771. The van der Waals surface area contributed by atoms with Crippen LogP contribution in [-0.4, -0.2) is 17.4 Å². The summed E-state index contributed by atoms with van der Waals surface area (Å²) in [5.41, 5.74) is 1.45. The lowest BCUT2D eigenvalue weighted by Gasteiger charge is -2.07. The summed E-state index contributed by atoms with van der Waals surface area (Å²) < 4.78 is 5.34. The van der Waals surface area contributed by atoms with E-state index in [0.717, 1.165) is 10.9 Å². The van der Waals surface area contributed by atoms with Crippen LogP contribution in [0.5, 0.6) is 5.88 Å². The van der Waals surface area contributed by atoms with Gasteiger partial charge >= 0.3 is 0 Å². The standard InChI is InChI=1S/C13H13NO2.C2H6/c1-3-16-13-8-11(9(2)15)10-6-4-5-7-12(10)14-13;1-2/h4-8H,3H2,1-2H3;1-2H3. The van der Waals surface area contributed by atoms with Gasteiger partial charge in [0.15, 0.2) is 5.78 Å². The van der Waals surface area contributed by atoms with Gasteiger partial charge in [-0.25, -0.2) is 4.98 Å². The Morgan fingerprint density at radius 3 is 2.56 bits per heavy atom. The highest BCUT2D eigenvalue weighted by atomic mass is 16.5. The number of aromatic nitrogens is 1. The lowest BCUT2D eigenvalue weighted by atomic mass is 10.1. The van der Waals surface area contributed by atoms with E-state index in [1.165, 1.54) is 0 Å². The van der Waals surface area contributed by atoms with Gasteiger partial charge in [0.25, 0.3) is 0 Å². The number of Topliss-reactive ketones (excluding diaryl/α,β-unsaturated/α-hetero) is 1. The summed E-state index contributed by atoms with van der Waals surface area (Å²) >= 11 is 0. The molecule has 0 aliphatic carbocycles. The van der Waals surface area contributed by atoms with E-state index in [1.807, 2.05) is 45.0 Å². The fourth-order valence-electron chi connectivity index (χ4n) is 1.66. The summed E-state index contributed by atoms with van der Waals surface area (Å²) in [7, 11) is 0. The highest BCUT2D eigenvalue weighted by molar-refractivity contribution is 6.06. The molecule has 3 heteroatoms. The number of nitrogens with zero attached hydrogens (tertiary/aromatic N) is 1. The van der Waals surface area contributed by atoms with Crippen LogP contribution in [0.2, 0.25) is 0 Å². The van der Waals surface area contributed by atoms with Crippen molar-refractivity contribution in [2.75, 3.05) is 6.61 Å². The van der Waals surface area contributed by atoms with Crippen LogP contribution in [0, 0.1) is 0 Å². The SMILES string of the molecule is CC.CCOc1cc(C(C)=O)c2ccccc2n1. The van der Waals surface area contributed by atoms with E-state index in [9.17, 15) is 4.79 Å². The smallest absolute Gasteiger partial charge is 0.214 e. The van der Waals surface area contributed by atoms with Gasteiger partial charge in [-0.3, -0.25) is 4.79 Å². The van der Waals surface area contributed by atoms with E-state index in [-0.39, 0.29) is 5.78 Å². The molecule has 0 radical (unpaired) electrons. The van der Waals surface area contributed by atoms with Gasteiger partial charge in [-0.2, -0.15) is 0 Å². The highest BCUT2D eigenvalue weighted by Gasteiger charge is 2.09. The molecule has 0 N–H and O–H groups in total. The van der Waals surface area contributed by atoms with E-state index < -0.39 is 0 Å². The maximum Gasteiger partial charge on any atom is 0.214 e. The Kier molecular flexibility index (Phi) is 5.31. The van der Waals surface area contributed by atoms with Crippen LogP contribution < -0.4 is 4.74 Å². The van der Waals surface area contributed by atoms with Gasteiger partial charge in [-0.1, -0.05) is 32.0 Å². The average molecular weight is 245 g/mol. The van der Waals surface area contributed by atoms with Gasteiger partial charge < -0.3 is 4.74 Å². The molecule has 2 rings (SSSR count). The zero-order valence-corrected chi connectivity index (χ0v) is 11.4. The lowest BCUT2D eigenvalue weighted by Crippen LogP contribution is -2.00. The molecular formula is C15H19NO2. The summed E-state index contributed by atoms with van der Waals surface area (Å²) in [4.78, 5) is 15.9. The van der Waals surface area contributed by atoms with Crippen molar-refractivity contribution in [1.29, 1.82) is 0 Å². The quantitative estimate of drug-likeness (QED) is 0.771. The minimum absolute atomic E-state index is 0.0274. The lowest BCUT2D eigenvalue weighted by molar-refractivity contribution is 0.101. The molecule has 2 aromatic rings. The Morgan fingerprint density at radius 2 is 1.94 bits per heavy atom. The number of carbonyl (C=O) groups excluding carboxylic acids is 1. The monoisotopic (exact) mass is 245 g/mol. The van der Waals surface area contributed by atoms with E-state index in [1.54, 1.807) is 13.0 Å². The van der Waals surface area contributed by atoms with E-state index >= 15 is 0 Å². The normalized spacial score (nSPS) is 9.56. The van der Waals surface area contributed by atoms with Crippen molar-refractivity contribution in [2.45, 2.75) is 27.7 Å². The number of para-hydroxylation sites is 1. The molecule has 0 aliphatic rings. The van der Waals surface area contributed by atoms with Crippen LogP contribution in [0.1, 0.15) is 38.1 Å². The predicted molar refractivity (Wildman–Crippen MR) is 74.3 cm³/mol. The summed E-state index contributed by atoms with van der Waals surface area (Å²) in [6.07, 6.45) is 0. The molecule has 0 amide bonds. The van der Waals surface area contributed by atoms with Gasteiger partial charge in [0.2, 0.25) is 5.88 Å². The predicted octanol–water partition coefficient (Wildman–Crippen LogP) is 3.86. The topological polar surface area (TPSA) is 39.2 Å². The number of fused-ring (bicyclic) bond motifs is 1. The third kappa shape index (κ3) is 3.06. The number of hydrogen-bond acceptors (Lipinski definition) is 3. The number of benzene rings is 1. The molecule has 1 aromatic carbocycles. The molecular weight excluding hydrogens is 226 g/mol. The first-order chi connectivity index (χ1) is 8.72. The molecule has 3 nitrogen and oxygen atoms in total.